The number of hydrogen-bond donors (Lipinski definition) is 1. The Morgan fingerprint density at radius 3 is 2.25 bits per heavy atom. The molecule has 1 rings (SSSR count). The predicted molar refractivity (Wildman–Crippen MR) is 69.7 cm³/mol. The van der Waals surface area contributed by atoms with Crippen molar-refractivity contribution in [2.24, 2.45) is 5.73 Å². The highest BCUT2D eigenvalue weighted by atomic mass is 16.8. The van der Waals surface area contributed by atoms with E-state index in [0.29, 0.717) is 6.54 Å². The molecule has 20 heavy (non-hydrogen) atoms. The molecule has 1 aliphatic heterocycles. The summed E-state index contributed by atoms with van der Waals surface area (Å²) in [6.45, 7) is 7.19. The zero-order valence-corrected chi connectivity index (χ0v) is 12.2. The van der Waals surface area contributed by atoms with Crippen LogP contribution in [0.25, 0.3) is 0 Å². The third-order valence-electron chi connectivity index (χ3n) is 2.66. The molecule has 114 valence electrons. The summed E-state index contributed by atoms with van der Waals surface area (Å²) in [5.74, 6) is -0.111. The van der Waals surface area contributed by atoms with E-state index in [0.717, 1.165) is 0 Å². The van der Waals surface area contributed by atoms with Gasteiger partial charge in [0.25, 0.3) is 0 Å². The van der Waals surface area contributed by atoms with Gasteiger partial charge in [0.15, 0.2) is 0 Å². The minimum Gasteiger partial charge on any atom is -0.428 e. The van der Waals surface area contributed by atoms with Crippen LogP contribution < -0.4 is 5.73 Å². The van der Waals surface area contributed by atoms with E-state index < -0.39 is 24.0 Å². The van der Waals surface area contributed by atoms with Crippen LogP contribution in [0, 0.1) is 0 Å². The highest BCUT2D eigenvalue weighted by Crippen LogP contribution is 2.11. The summed E-state index contributed by atoms with van der Waals surface area (Å²) < 4.78 is 9.45. The van der Waals surface area contributed by atoms with Crippen molar-refractivity contribution in [3.05, 3.63) is 0 Å². The molecule has 1 fully saturated rings. The van der Waals surface area contributed by atoms with Crippen molar-refractivity contribution in [1.82, 2.24) is 9.80 Å². The molecule has 1 heterocycles. The number of rotatable bonds is 0. The second-order valence-electron chi connectivity index (χ2n) is 5.56. The maximum absolute atomic E-state index is 11.8. The minimum absolute atomic E-state index is 0.111. The van der Waals surface area contributed by atoms with Gasteiger partial charge in [0.2, 0.25) is 5.91 Å². The second kappa shape index (κ2) is 6.08. The van der Waals surface area contributed by atoms with Crippen molar-refractivity contribution in [2.45, 2.75) is 39.5 Å². The number of hydrogen-bond acceptors (Lipinski definition) is 6. The topological polar surface area (TPSA) is 102 Å². The van der Waals surface area contributed by atoms with Gasteiger partial charge in [-0.3, -0.25) is 9.69 Å². The maximum Gasteiger partial charge on any atom is 0.517 e. The Balaban J connectivity index is 2.53. The van der Waals surface area contributed by atoms with Crippen molar-refractivity contribution in [1.29, 1.82) is 0 Å². The summed E-state index contributed by atoms with van der Waals surface area (Å²) in [4.78, 5) is 37.1. The van der Waals surface area contributed by atoms with Crippen LogP contribution in [-0.2, 0) is 14.3 Å². The van der Waals surface area contributed by atoms with Crippen LogP contribution in [0.3, 0.4) is 0 Å². The molecule has 1 saturated heterocycles. The van der Waals surface area contributed by atoms with Crippen molar-refractivity contribution in [2.75, 3.05) is 19.6 Å². The fourth-order valence-electron chi connectivity index (χ4n) is 1.72. The Morgan fingerprint density at radius 1 is 1.20 bits per heavy atom. The molecule has 0 aromatic heterocycles. The Labute approximate surface area is 117 Å². The summed E-state index contributed by atoms with van der Waals surface area (Å²) in [5, 5.41) is 0. The lowest BCUT2D eigenvalue weighted by molar-refractivity contribution is -0.131. The van der Waals surface area contributed by atoms with E-state index >= 15 is 0 Å². The van der Waals surface area contributed by atoms with Gasteiger partial charge >= 0.3 is 12.2 Å². The standard InChI is InChI=1S/C12H21N3O5/c1-8(16)14-5-6-15(9(13)7-14)10(17)19-11(18)20-12(2,3)4/h9H,5-7,13H2,1-4H3. The van der Waals surface area contributed by atoms with Crippen LogP contribution in [0.4, 0.5) is 9.59 Å². The van der Waals surface area contributed by atoms with Crippen LogP contribution in [0.5, 0.6) is 0 Å². The molecule has 0 spiro atoms. The third-order valence-corrected chi connectivity index (χ3v) is 2.66. The van der Waals surface area contributed by atoms with Crippen molar-refractivity contribution >= 4 is 18.2 Å². The normalized spacial score (nSPS) is 19.6. The Morgan fingerprint density at radius 2 is 1.80 bits per heavy atom. The van der Waals surface area contributed by atoms with Gasteiger partial charge in [0.05, 0.1) is 6.54 Å². The fourth-order valence-corrected chi connectivity index (χ4v) is 1.72. The lowest BCUT2D eigenvalue weighted by Crippen LogP contribution is -2.60. The highest BCUT2D eigenvalue weighted by Gasteiger charge is 2.32. The van der Waals surface area contributed by atoms with Gasteiger partial charge in [-0.15, -0.1) is 0 Å². The zero-order chi connectivity index (χ0) is 15.5. The quantitative estimate of drug-likeness (QED) is 0.514. The SMILES string of the molecule is CC(=O)N1CCN(C(=O)OC(=O)OC(C)(C)C)C(N)C1. The van der Waals surface area contributed by atoms with Crippen molar-refractivity contribution in [3.63, 3.8) is 0 Å². The molecule has 0 aromatic carbocycles. The monoisotopic (exact) mass is 287 g/mol. The number of carbonyl (C=O) groups is 3. The van der Waals surface area contributed by atoms with Crippen LogP contribution in [0.1, 0.15) is 27.7 Å². The zero-order valence-electron chi connectivity index (χ0n) is 12.2. The van der Waals surface area contributed by atoms with Crippen LogP contribution in [0.15, 0.2) is 0 Å². The molecule has 0 bridgehead atoms. The minimum atomic E-state index is -1.07. The number of nitrogens with zero attached hydrogens (tertiary/aromatic N) is 2. The van der Waals surface area contributed by atoms with E-state index in [9.17, 15) is 14.4 Å². The van der Waals surface area contributed by atoms with E-state index in [2.05, 4.69) is 4.74 Å². The van der Waals surface area contributed by atoms with E-state index in [1.807, 2.05) is 0 Å². The molecule has 0 radical (unpaired) electrons. The number of amides is 2. The summed E-state index contributed by atoms with van der Waals surface area (Å²) in [5.41, 5.74) is 5.05. The first-order valence-corrected chi connectivity index (χ1v) is 6.32. The largest absolute Gasteiger partial charge is 0.517 e. The molecule has 2 N–H and O–H groups in total. The molecule has 1 atom stereocenters. The Hall–Kier alpha value is -1.83. The van der Waals surface area contributed by atoms with Crippen molar-refractivity contribution in [3.8, 4) is 0 Å². The third kappa shape index (κ3) is 4.69. The first kappa shape index (κ1) is 16.2. The first-order valence-electron chi connectivity index (χ1n) is 6.32. The molecule has 2 amide bonds. The van der Waals surface area contributed by atoms with E-state index in [1.165, 1.54) is 16.7 Å². The highest BCUT2D eigenvalue weighted by molar-refractivity contribution is 5.81. The molecule has 8 nitrogen and oxygen atoms in total. The molecule has 0 aromatic rings. The number of nitrogens with two attached hydrogens (primary N) is 1. The molecular weight excluding hydrogens is 266 g/mol. The predicted octanol–water partition coefficient (Wildman–Crippen LogP) is 0.507. The summed E-state index contributed by atoms with van der Waals surface area (Å²) in [6.07, 6.45) is -2.64. The van der Waals surface area contributed by atoms with Gasteiger partial charge in [-0.1, -0.05) is 0 Å². The average Bonchev–Trinajstić information content (AvgIpc) is 2.25. The van der Waals surface area contributed by atoms with Gasteiger partial charge in [-0.05, 0) is 20.8 Å². The van der Waals surface area contributed by atoms with Gasteiger partial charge in [0, 0.05) is 20.0 Å². The average molecular weight is 287 g/mol. The van der Waals surface area contributed by atoms with Crippen LogP contribution in [0.2, 0.25) is 0 Å². The van der Waals surface area contributed by atoms with E-state index in [4.69, 9.17) is 10.5 Å². The van der Waals surface area contributed by atoms with E-state index in [1.54, 1.807) is 20.8 Å². The van der Waals surface area contributed by atoms with E-state index in [-0.39, 0.29) is 19.0 Å². The smallest absolute Gasteiger partial charge is 0.428 e. The Kier molecular flexibility index (Phi) is 4.93. The molecular formula is C12H21N3O5. The molecule has 8 heteroatoms. The van der Waals surface area contributed by atoms with Gasteiger partial charge in [0.1, 0.15) is 11.8 Å². The number of carbonyl (C=O) groups excluding carboxylic acids is 3. The molecule has 1 unspecified atom stereocenters. The first-order chi connectivity index (χ1) is 9.10. The van der Waals surface area contributed by atoms with Gasteiger partial charge < -0.3 is 20.1 Å². The van der Waals surface area contributed by atoms with Gasteiger partial charge in [-0.2, -0.15) is 0 Å². The van der Waals surface area contributed by atoms with Crippen LogP contribution >= 0.6 is 0 Å². The Bertz CT molecular complexity index is 404. The number of ether oxygens (including phenoxy) is 2. The number of piperazine rings is 1. The summed E-state index contributed by atoms with van der Waals surface area (Å²) in [6, 6.07) is 0. The molecule has 0 saturated carbocycles. The maximum atomic E-state index is 11.8. The van der Waals surface area contributed by atoms with Crippen molar-refractivity contribution < 1.29 is 23.9 Å². The fraction of sp³-hybridized carbons (Fsp3) is 0.750. The summed E-state index contributed by atoms with van der Waals surface area (Å²) >= 11 is 0. The molecule has 0 aliphatic carbocycles. The molecule has 1 aliphatic rings. The lowest BCUT2D eigenvalue weighted by Gasteiger charge is -2.38. The lowest BCUT2D eigenvalue weighted by atomic mass is 10.2. The second-order valence-corrected chi connectivity index (χ2v) is 5.56. The van der Waals surface area contributed by atoms with Crippen LogP contribution in [-0.4, -0.2) is 59.4 Å². The summed E-state index contributed by atoms with van der Waals surface area (Å²) in [7, 11) is 0. The van der Waals surface area contributed by atoms with Gasteiger partial charge in [-0.25, -0.2) is 9.59 Å².